The zero-order chi connectivity index (χ0) is 14.3. The fraction of sp³-hybridized carbons (Fsp3) is 0.562. The largest absolute Gasteiger partial charge is 0.325 e. The van der Waals surface area contributed by atoms with E-state index in [2.05, 4.69) is 21.2 Å². The van der Waals surface area contributed by atoms with Crippen LogP contribution in [0, 0.1) is 24.7 Å². The lowest BCUT2D eigenvalue weighted by molar-refractivity contribution is -0.117. The van der Waals surface area contributed by atoms with Gasteiger partial charge in [0, 0.05) is 15.9 Å². The molecule has 3 atom stereocenters. The van der Waals surface area contributed by atoms with E-state index in [9.17, 15) is 4.79 Å². The Morgan fingerprint density at radius 2 is 2.20 bits per heavy atom. The highest BCUT2D eigenvalue weighted by Gasteiger charge is 2.40. The number of carbonyl (C=O) groups excluding carboxylic acids is 1. The number of amides is 1. The Morgan fingerprint density at radius 3 is 2.85 bits per heavy atom. The monoisotopic (exact) mass is 355 g/mol. The minimum absolute atomic E-state index is 0.114. The van der Waals surface area contributed by atoms with Gasteiger partial charge in [0.25, 0.3) is 0 Å². The van der Waals surface area contributed by atoms with Crippen molar-refractivity contribution >= 4 is 39.1 Å². The Labute approximate surface area is 133 Å². The van der Waals surface area contributed by atoms with E-state index >= 15 is 0 Å². The van der Waals surface area contributed by atoms with Crippen LogP contribution in [0.4, 0.5) is 5.69 Å². The Balaban J connectivity index is 1.63. The van der Waals surface area contributed by atoms with Gasteiger partial charge in [0.2, 0.25) is 5.91 Å². The molecule has 2 nitrogen and oxygen atoms in total. The zero-order valence-corrected chi connectivity index (χ0v) is 13.9. The van der Waals surface area contributed by atoms with Crippen LogP contribution >= 0.6 is 27.5 Å². The van der Waals surface area contributed by atoms with E-state index in [0.717, 1.165) is 27.6 Å². The fourth-order valence-electron chi connectivity index (χ4n) is 3.81. The van der Waals surface area contributed by atoms with Gasteiger partial charge in [-0.05, 0) is 77.6 Å². The Morgan fingerprint density at radius 1 is 1.40 bits per heavy atom. The second kappa shape index (κ2) is 5.69. The van der Waals surface area contributed by atoms with Crippen LogP contribution in [0.3, 0.4) is 0 Å². The molecule has 0 aromatic heterocycles. The Hall–Kier alpha value is -0.540. The lowest BCUT2D eigenvalue weighted by Crippen LogP contribution is -2.20. The van der Waals surface area contributed by atoms with Crippen LogP contribution in [0.5, 0.6) is 0 Å². The van der Waals surface area contributed by atoms with E-state index in [1.54, 1.807) is 0 Å². The van der Waals surface area contributed by atoms with E-state index < -0.39 is 0 Å². The first kappa shape index (κ1) is 14.4. The van der Waals surface area contributed by atoms with Crippen molar-refractivity contribution in [2.45, 2.75) is 39.0 Å². The summed E-state index contributed by atoms with van der Waals surface area (Å²) in [5.41, 5.74) is 1.78. The van der Waals surface area contributed by atoms with Crippen LogP contribution in [0.25, 0.3) is 0 Å². The maximum Gasteiger partial charge on any atom is 0.224 e. The van der Waals surface area contributed by atoms with Gasteiger partial charge in [-0.1, -0.05) is 18.0 Å². The molecule has 108 valence electrons. The first-order valence-corrected chi connectivity index (χ1v) is 8.45. The van der Waals surface area contributed by atoms with Gasteiger partial charge in [-0.2, -0.15) is 0 Å². The van der Waals surface area contributed by atoms with E-state index in [0.29, 0.717) is 17.4 Å². The van der Waals surface area contributed by atoms with Gasteiger partial charge < -0.3 is 5.32 Å². The van der Waals surface area contributed by atoms with Gasteiger partial charge in [-0.3, -0.25) is 4.79 Å². The average Bonchev–Trinajstić information content (AvgIpc) is 2.98. The molecule has 0 aliphatic heterocycles. The fourth-order valence-corrected chi connectivity index (χ4v) is 4.53. The molecular formula is C16H19BrClNO. The van der Waals surface area contributed by atoms with Gasteiger partial charge in [-0.25, -0.2) is 0 Å². The lowest BCUT2D eigenvalue weighted by atomic mass is 9.86. The third-order valence-corrected chi connectivity index (χ3v) is 5.92. The standard InChI is InChI=1S/C16H19BrClNO/c1-9-4-13(17)15(8-14(9)18)19-16(20)7-12-6-10-2-3-11(12)5-10/h4,8,10-12H,2-3,5-7H2,1H3,(H,19,20). The second-order valence-electron chi connectivity index (χ2n) is 6.27. The molecule has 2 aliphatic carbocycles. The number of carbonyl (C=O) groups is 1. The first-order valence-electron chi connectivity index (χ1n) is 7.28. The predicted octanol–water partition coefficient (Wildman–Crippen LogP) is 5.18. The van der Waals surface area contributed by atoms with E-state index in [4.69, 9.17) is 11.6 Å². The van der Waals surface area contributed by atoms with Crippen molar-refractivity contribution in [2.24, 2.45) is 17.8 Å². The Kier molecular flexibility index (Phi) is 4.09. The zero-order valence-electron chi connectivity index (χ0n) is 11.6. The SMILES string of the molecule is Cc1cc(Br)c(NC(=O)CC2CC3CCC2C3)cc1Cl. The summed E-state index contributed by atoms with van der Waals surface area (Å²) < 4.78 is 0.890. The predicted molar refractivity (Wildman–Crippen MR) is 86.1 cm³/mol. The van der Waals surface area contributed by atoms with Crippen LogP contribution < -0.4 is 5.32 Å². The topological polar surface area (TPSA) is 29.1 Å². The van der Waals surface area contributed by atoms with Crippen LogP contribution in [-0.2, 0) is 4.79 Å². The molecular weight excluding hydrogens is 338 g/mol. The normalized spacial score (nSPS) is 27.9. The van der Waals surface area contributed by atoms with Gasteiger partial charge in [0.1, 0.15) is 0 Å². The quantitative estimate of drug-likeness (QED) is 0.794. The summed E-state index contributed by atoms with van der Waals surface area (Å²) in [6.07, 6.45) is 5.94. The van der Waals surface area contributed by atoms with E-state index in [1.165, 1.54) is 25.7 Å². The summed E-state index contributed by atoms with van der Waals surface area (Å²) in [5.74, 6) is 2.38. The van der Waals surface area contributed by atoms with E-state index in [1.807, 2.05) is 19.1 Å². The van der Waals surface area contributed by atoms with Crippen LogP contribution in [0.1, 0.15) is 37.7 Å². The third-order valence-electron chi connectivity index (χ3n) is 4.85. The van der Waals surface area contributed by atoms with Crippen LogP contribution in [0.15, 0.2) is 16.6 Å². The summed E-state index contributed by atoms with van der Waals surface area (Å²) in [6, 6.07) is 3.76. The molecule has 0 heterocycles. The molecule has 2 fully saturated rings. The van der Waals surface area contributed by atoms with Gasteiger partial charge in [-0.15, -0.1) is 0 Å². The molecule has 3 rings (SSSR count). The number of hydrogen-bond acceptors (Lipinski definition) is 1. The smallest absolute Gasteiger partial charge is 0.224 e. The molecule has 2 aliphatic rings. The molecule has 1 N–H and O–H groups in total. The molecule has 2 bridgehead atoms. The summed E-state index contributed by atoms with van der Waals surface area (Å²) in [6.45, 7) is 1.95. The molecule has 1 aromatic rings. The van der Waals surface area contributed by atoms with Crippen molar-refractivity contribution in [3.05, 3.63) is 27.2 Å². The highest BCUT2D eigenvalue weighted by molar-refractivity contribution is 9.10. The van der Waals surface area contributed by atoms with Crippen molar-refractivity contribution in [3.8, 4) is 0 Å². The van der Waals surface area contributed by atoms with Crippen molar-refractivity contribution in [2.75, 3.05) is 5.32 Å². The number of aryl methyl sites for hydroxylation is 1. The van der Waals surface area contributed by atoms with Crippen molar-refractivity contribution in [1.82, 2.24) is 0 Å². The number of anilines is 1. The van der Waals surface area contributed by atoms with Gasteiger partial charge >= 0.3 is 0 Å². The minimum Gasteiger partial charge on any atom is -0.325 e. The minimum atomic E-state index is 0.114. The van der Waals surface area contributed by atoms with Crippen LogP contribution in [0.2, 0.25) is 5.02 Å². The number of hydrogen-bond donors (Lipinski definition) is 1. The summed E-state index contributed by atoms with van der Waals surface area (Å²) in [7, 11) is 0. The summed E-state index contributed by atoms with van der Waals surface area (Å²) in [4.78, 5) is 12.2. The molecule has 0 radical (unpaired) electrons. The number of fused-ring (bicyclic) bond motifs is 2. The highest BCUT2D eigenvalue weighted by Crippen LogP contribution is 2.49. The summed E-state index contributed by atoms with van der Waals surface area (Å²) >= 11 is 9.60. The third kappa shape index (κ3) is 2.89. The van der Waals surface area contributed by atoms with Crippen molar-refractivity contribution < 1.29 is 4.79 Å². The number of nitrogens with one attached hydrogen (secondary N) is 1. The molecule has 0 saturated heterocycles. The molecule has 3 unspecified atom stereocenters. The van der Waals surface area contributed by atoms with Gasteiger partial charge in [0.05, 0.1) is 5.69 Å². The van der Waals surface area contributed by atoms with Gasteiger partial charge in [0.15, 0.2) is 0 Å². The molecule has 4 heteroatoms. The molecule has 2 saturated carbocycles. The maximum atomic E-state index is 12.2. The van der Waals surface area contributed by atoms with Crippen LogP contribution in [-0.4, -0.2) is 5.91 Å². The van der Waals surface area contributed by atoms with E-state index in [-0.39, 0.29) is 5.91 Å². The summed E-state index contributed by atoms with van der Waals surface area (Å²) in [5, 5.41) is 3.68. The number of benzene rings is 1. The number of halogens is 2. The molecule has 1 aromatic carbocycles. The van der Waals surface area contributed by atoms with Crippen molar-refractivity contribution in [3.63, 3.8) is 0 Å². The average molecular weight is 357 g/mol. The Bertz CT molecular complexity index is 546. The first-order chi connectivity index (χ1) is 9.52. The number of rotatable bonds is 3. The lowest BCUT2D eigenvalue weighted by Gasteiger charge is -2.21. The molecule has 0 spiro atoms. The highest BCUT2D eigenvalue weighted by atomic mass is 79.9. The van der Waals surface area contributed by atoms with Crippen molar-refractivity contribution in [1.29, 1.82) is 0 Å². The maximum absolute atomic E-state index is 12.2. The second-order valence-corrected chi connectivity index (χ2v) is 7.53. The molecule has 20 heavy (non-hydrogen) atoms. The molecule has 1 amide bonds.